The highest BCUT2D eigenvalue weighted by atomic mass is 16.2. The van der Waals surface area contributed by atoms with Gasteiger partial charge in [0.1, 0.15) is 0 Å². The summed E-state index contributed by atoms with van der Waals surface area (Å²) in [4.78, 5) is 13.9. The van der Waals surface area contributed by atoms with Crippen LogP contribution in [0.15, 0.2) is 0 Å². The fourth-order valence-corrected chi connectivity index (χ4v) is 2.18. The molecule has 1 aliphatic heterocycles. The Balaban J connectivity index is 2.55. The van der Waals surface area contributed by atoms with Gasteiger partial charge in [0.15, 0.2) is 0 Å². The second-order valence-corrected chi connectivity index (χ2v) is 4.03. The molecule has 1 unspecified atom stereocenters. The first kappa shape index (κ1) is 11.5. The largest absolute Gasteiger partial charge is 0.339 e. The van der Waals surface area contributed by atoms with Crippen molar-refractivity contribution in [3.63, 3.8) is 0 Å². The normalized spacial score (nSPS) is 23.3. The van der Waals surface area contributed by atoms with Crippen LogP contribution in [0.3, 0.4) is 0 Å². The maximum atomic E-state index is 11.8. The molecule has 3 nitrogen and oxygen atoms in total. The van der Waals surface area contributed by atoms with Gasteiger partial charge in [0.05, 0.1) is 6.54 Å². The molecule has 14 heavy (non-hydrogen) atoms. The van der Waals surface area contributed by atoms with Gasteiger partial charge in [0.25, 0.3) is 0 Å². The highest BCUT2D eigenvalue weighted by molar-refractivity contribution is 5.78. The molecule has 0 aromatic heterocycles. The number of likely N-dealkylation sites (tertiary alicyclic amines) is 1. The monoisotopic (exact) mass is 198 g/mol. The van der Waals surface area contributed by atoms with E-state index in [0.717, 1.165) is 13.0 Å². The summed E-state index contributed by atoms with van der Waals surface area (Å²) in [6.07, 6.45) is 6.01. The number of hydrogen-bond acceptors (Lipinski definition) is 2. The quantitative estimate of drug-likeness (QED) is 0.743. The SMILES string of the molecule is CCC1CCCCCN1C(=O)CNC. The maximum absolute atomic E-state index is 11.8. The van der Waals surface area contributed by atoms with Crippen LogP contribution in [-0.4, -0.2) is 37.0 Å². The molecule has 3 heteroatoms. The number of carbonyl (C=O) groups excluding carboxylic acids is 1. The third kappa shape index (κ3) is 2.98. The molecule has 0 aliphatic carbocycles. The Kier molecular flexibility index (Phi) is 4.94. The predicted octanol–water partition coefficient (Wildman–Crippen LogP) is 1.39. The summed E-state index contributed by atoms with van der Waals surface area (Å²) in [5.74, 6) is 0.265. The zero-order valence-electron chi connectivity index (χ0n) is 9.38. The van der Waals surface area contributed by atoms with Crippen molar-refractivity contribution < 1.29 is 4.79 Å². The smallest absolute Gasteiger partial charge is 0.236 e. The van der Waals surface area contributed by atoms with Crippen molar-refractivity contribution in [2.75, 3.05) is 20.1 Å². The first-order valence-electron chi connectivity index (χ1n) is 5.73. The molecule has 0 aromatic rings. The Morgan fingerprint density at radius 1 is 1.43 bits per heavy atom. The van der Waals surface area contributed by atoms with E-state index in [1.807, 2.05) is 7.05 Å². The molecule has 82 valence electrons. The van der Waals surface area contributed by atoms with Gasteiger partial charge in [-0.15, -0.1) is 0 Å². The second kappa shape index (κ2) is 6.02. The Morgan fingerprint density at radius 3 is 2.86 bits per heavy atom. The average molecular weight is 198 g/mol. The number of rotatable bonds is 3. The fraction of sp³-hybridized carbons (Fsp3) is 0.909. The topological polar surface area (TPSA) is 32.3 Å². The third-order valence-corrected chi connectivity index (χ3v) is 3.00. The molecule has 0 saturated carbocycles. The lowest BCUT2D eigenvalue weighted by molar-refractivity contribution is -0.132. The van der Waals surface area contributed by atoms with Gasteiger partial charge in [-0.1, -0.05) is 19.8 Å². The number of hydrogen-bond donors (Lipinski definition) is 1. The lowest BCUT2D eigenvalue weighted by atomic mass is 10.1. The summed E-state index contributed by atoms with van der Waals surface area (Å²) in [5.41, 5.74) is 0. The Labute approximate surface area is 86.9 Å². The molecule has 0 bridgehead atoms. The summed E-state index contributed by atoms with van der Waals surface area (Å²) in [5, 5.41) is 2.94. The first-order chi connectivity index (χ1) is 6.79. The molecule has 1 aliphatic rings. The maximum Gasteiger partial charge on any atom is 0.236 e. The van der Waals surface area contributed by atoms with Crippen molar-refractivity contribution in [2.24, 2.45) is 0 Å². The zero-order chi connectivity index (χ0) is 10.4. The van der Waals surface area contributed by atoms with Gasteiger partial charge in [-0.2, -0.15) is 0 Å². The van der Waals surface area contributed by atoms with E-state index >= 15 is 0 Å². The van der Waals surface area contributed by atoms with E-state index in [-0.39, 0.29) is 5.91 Å². The van der Waals surface area contributed by atoms with Crippen LogP contribution in [0.5, 0.6) is 0 Å². The van der Waals surface area contributed by atoms with Crippen molar-refractivity contribution in [1.82, 2.24) is 10.2 Å². The Hall–Kier alpha value is -0.570. The van der Waals surface area contributed by atoms with Crippen molar-refractivity contribution in [3.05, 3.63) is 0 Å². The summed E-state index contributed by atoms with van der Waals surface area (Å²) < 4.78 is 0. The number of nitrogens with zero attached hydrogens (tertiary/aromatic N) is 1. The van der Waals surface area contributed by atoms with Gasteiger partial charge in [-0.25, -0.2) is 0 Å². The minimum absolute atomic E-state index is 0.265. The standard InChI is InChI=1S/C11H22N2O/c1-3-10-7-5-4-6-8-13(10)11(14)9-12-2/h10,12H,3-9H2,1-2H3. The van der Waals surface area contributed by atoms with E-state index in [4.69, 9.17) is 0 Å². The van der Waals surface area contributed by atoms with E-state index in [9.17, 15) is 4.79 Å². The molecule has 1 fully saturated rings. The summed E-state index contributed by atoms with van der Waals surface area (Å²) in [6.45, 7) is 3.62. The van der Waals surface area contributed by atoms with Crippen molar-refractivity contribution >= 4 is 5.91 Å². The highest BCUT2D eigenvalue weighted by Gasteiger charge is 2.22. The van der Waals surface area contributed by atoms with Crippen LogP contribution in [0, 0.1) is 0 Å². The van der Waals surface area contributed by atoms with E-state index in [0.29, 0.717) is 12.6 Å². The summed E-state index contributed by atoms with van der Waals surface area (Å²) in [6, 6.07) is 0.485. The number of nitrogens with one attached hydrogen (secondary N) is 1. The number of likely N-dealkylation sites (N-methyl/N-ethyl adjacent to an activating group) is 1. The first-order valence-corrected chi connectivity index (χ1v) is 5.73. The van der Waals surface area contributed by atoms with Crippen LogP contribution in [0.25, 0.3) is 0 Å². The van der Waals surface area contributed by atoms with E-state index < -0.39 is 0 Å². The van der Waals surface area contributed by atoms with E-state index in [2.05, 4.69) is 17.1 Å². The summed E-state index contributed by atoms with van der Waals surface area (Å²) in [7, 11) is 1.83. The molecule has 1 atom stereocenters. The minimum atomic E-state index is 0.265. The van der Waals surface area contributed by atoms with Crippen LogP contribution in [0.4, 0.5) is 0 Å². The van der Waals surface area contributed by atoms with Crippen molar-refractivity contribution in [3.8, 4) is 0 Å². The van der Waals surface area contributed by atoms with Crippen LogP contribution < -0.4 is 5.32 Å². The van der Waals surface area contributed by atoms with Crippen LogP contribution in [-0.2, 0) is 4.79 Å². The number of carbonyl (C=O) groups is 1. The number of amides is 1. The van der Waals surface area contributed by atoms with E-state index in [1.54, 1.807) is 0 Å². The Morgan fingerprint density at radius 2 is 2.21 bits per heavy atom. The van der Waals surface area contributed by atoms with Crippen LogP contribution in [0.2, 0.25) is 0 Å². The van der Waals surface area contributed by atoms with Gasteiger partial charge in [0.2, 0.25) is 5.91 Å². The Bertz CT molecular complexity index is 182. The molecule has 1 amide bonds. The molecule has 0 radical (unpaired) electrons. The zero-order valence-corrected chi connectivity index (χ0v) is 9.38. The third-order valence-electron chi connectivity index (χ3n) is 3.00. The molecule has 1 heterocycles. The lowest BCUT2D eigenvalue weighted by Gasteiger charge is -2.29. The highest BCUT2D eigenvalue weighted by Crippen LogP contribution is 2.18. The average Bonchev–Trinajstić information content (AvgIpc) is 2.42. The molecular formula is C11H22N2O. The lowest BCUT2D eigenvalue weighted by Crippen LogP contribution is -2.43. The molecule has 1 saturated heterocycles. The van der Waals surface area contributed by atoms with Crippen molar-refractivity contribution in [1.29, 1.82) is 0 Å². The van der Waals surface area contributed by atoms with Gasteiger partial charge >= 0.3 is 0 Å². The van der Waals surface area contributed by atoms with Gasteiger partial charge in [0, 0.05) is 12.6 Å². The minimum Gasteiger partial charge on any atom is -0.339 e. The van der Waals surface area contributed by atoms with Crippen LogP contribution >= 0.6 is 0 Å². The fourth-order valence-electron chi connectivity index (χ4n) is 2.18. The van der Waals surface area contributed by atoms with Crippen LogP contribution in [0.1, 0.15) is 39.0 Å². The molecule has 1 N–H and O–H groups in total. The molecular weight excluding hydrogens is 176 g/mol. The van der Waals surface area contributed by atoms with Gasteiger partial charge in [-0.05, 0) is 26.3 Å². The molecule has 1 rings (SSSR count). The van der Waals surface area contributed by atoms with E-state index in [1.165, 1.54) is 25.7 Å². The predicted molar refractivity (Wildman–Crippen MR) is 58.2 cm³/mol. The molecule has 0 spiro atoms. The molecule has 0 aromatic carbocycles. The van der Waals surface area contributed by atoms with Crippen molar-refractivity contribution in [2.45, 2.75) is 45.1 Å². The van der Waals surface area contributed by atoms with Gasteiger partial charge in [-0.3, -0.25) is 4.79 Å². The second-order valence-electron chi connectivity index (χ2n) is 4.03. The van der Waals surface area contributed by atoms with Gasteiger partial charge < -0.3 is 10.2 Å². The summed E-state index contributed by atoms with van der Waals surface area (Å²) >= 11 is 0.